The van der Waals surface area contributed by atoms with E-state index in [1.807, 2.05) is 24.3 Å². The van der Waals surface area contributed by atoms with Crippen LogP contribution in [0.5, 0.6) is 0 Å². The van der Waals surface area contributed by atoms with Crippen LogP contribution in [0.3, 0.4) is 0 Å². The third kappa shape index (κ3) is 9.13. The number of hydrogen-bond donors (Lipinski definition) is 2. The molecule has 2 amide bonds. The van der Waals surface area contributed by atoms with E-state index in [9.17, 15) is 14.4 Å². The Morgan fingerprint density at radius 3 is 2.40 bits per heavy atom. The smallest absolute Gasteiger partial charge is 0.407 e. The van der Waals surface area contributed by atoms with E-state index in [0.717, 1.165) is 18.8 Å². The first-order valence-electron chi connectivity index (χ1n) is 10.1. The first-order valence-corrected chi connectivity index (χ1v) is 10.1. The molecule has 0 radical (unpaired) electrons. The van der Waals surface area contributed by atoms with Crippen LogP contribution in [-0.4, -0.2) is 63.0 Å². The Kier molecular flexibility index (Phi) is 8.91. The molecular formula is C21H31N3O6. The molecular weight excluding hydrogens is 390 g/mol. The molecule has 0 atom stereocenters. The predicted molar refractivity (Wildman–Crippen MR) is 113 cm³/mol. The van der Waals surface area contributed by atoms with Crippen LogP contribution in [-0.2, 0) is 23.8 Å². The Labute approximate surface area is 177 Å². The molecule has 9 nitrogen and oxygen atoms in total. The first kappa shape index (κ1) is 23.5. The van der Waals surface area contributed by atoms with Gasteiger partial charge in [0.1, 0.15) is 5.60 Å². The van der Waals surface area contributed by atoms with Crippen LogP contribution in [0.15, 0.2) is 24.3 Å². The van der Waals surface area contributed by atoms with Gasteiger partial charge in [0.25, 0.3) is 5.91 Å². The number of anilines is 2. The van der Waals surface area contributed by atoms with Gasteiger partial charge in [0.2, 0.25) is 0 Å². The standard InChI is InChI=1S/C21H31N3O6/c1-21(2,3)30-20(27)22-10-4-5-19(26)29-15-18(25)23-16-6-8-17(9-7-16)24-11-13-28-14-12-24/h6-9H,4-5,10-15H2,1-3H3,(H,22,27)(H,23,25). The Balaban J connectivity index is 1.61. The second kappa shape index (κ2) is 11.4. The lowest BCUT2D eigenvalue weighted by Gasteiger charge is -2.28. The monoisotopic (exact) mass is 421 g/mol. The molecule has 0 saturated carbocycles. The first-order chi connectivity index (χ1) is 14.2. The highest BCUT2D eigenvalue weighted by molar-refractivity contribution is 5.92. The highest BCUT2D eigenvalue weighted by Gasteiger charge is 2.16. The van der Waals surface area contributed by atoms with Crippen molar-refractivity contribution < 1.29 is 28.6 Å². The maximum atomic E-state index is 12.0. The normalized spacial score (nSPS) is 14.0. The molecule has 1 aromatic rings. The van der Waals surface area contributed by atoms with Crippen LogP contribution in [0, 0.1) is 0 Å². The van der Waals surface area contributed by atoms with Gasteiger partial charge in [-0.05, 0) is 51.5 Å². The van der Waals surface area contributed by atoms with Gasteiger partial charge in [0.05, 0.1) is 13.2 Å². The van der Waals surface area contributed by atoms with Gasteiger partial charge in [-0.2, -0.15) is 0 Å². The maximum Gasteiger partial charge on any atom is 0.407 e. The number of benzene rings is 1. The van der Waals surface area contributed by atoms with Crippen molar-refractivity contribution in [2.45, 2.75) is 39.2 Å². The number of morpholine rings is 1. The number of amides is 2. The van der Waals surface area contributed by atoms with Gasteiger partial charge >= 0.3 is 12.1 Å². The minimum Gasteiger partial charge on any atom is -0.456 e. The molecule has 9 heteroatoms. The molecule has 1 aliphatic rings. The van der Waals surface area contributed by atoms with E-state index in [1.54, 1.807) is 20.8 Å². The van der Waals surface area contributed by atoms with E-state index in [2.05, 4.69) is 15.5 Å². The summed E-state index contributed by atoms with van der Waals surface area (Å²) in [4.78, 5) is 37.4. The number of carbonyl (C=O) groups excluding carboxylic acids is 3. The Morgan fingerprint density at radius 2 is 1.77 bits per heavy atom. The van der Waals surface area contributed by atoms with Gasteiger partial charge in [-0.1, -0.05) is 0 Å². The fourth-order valence-electron chi connectivity index (χ4n) is 2.73. The van der Waals surface area contributed by atoms with E-state index in [0.29, 0.717) is 25.3 Å². The van der Waals surface area contributed by atoms with Crippen molar-refractivity contribution in [3.05, 3.63) is 24.3 Å². The van der Waals surface area contributed by atoms with Crippen molar-refractivity contribution >= 4 is 29.3 Å². The van der Waals surface area contributed by atoms with E-state index in [1.165, 1.54) is 0 Å². The van der Waals surface area contributed by atoms with Gasteiger partial charge in [0, 0.05) is 37.4 Å². The van der Waals surface area contributed by atoms with E-state index >= 15 is 0 Å². The Hall–Kier alpha value is -2.81. The summed E-state index contributed by atoms with van der Waals surface area (Å²) in [6.07, 6.45) is -0.0464. The molecule has 0 unspecified atom stereocenters. The number of rotatable bonds is 8. The highest BCUT2D eigenvalue weighted by Crippen LogP contribution is 2.19. The lowest BCUT2D eigenvalue weighted by Crippen LogP contribution is -2.36. The molecule has 2 rings (SSSR count). The Morgan fingerprint density at radius 1 is 1.10 bits per heavy atom. The molecule has 166 valence electrons. The zero-order chi connectivity index (χ0) is 22.0. The van der Waals surface area contributed by atoms with Gasteiger partial charge in [-0.25, -0.2) is 4.79 Å². The zero-order valence-corrected chi connectivity index (χ0v) is 17.9. The minimum atomic E-state index is -0.570. The van der Waals surface area contributed by atoms with Crippen molar-refractivity contribution in [2.75, 3.05) is 49.7 Å². The van der Waals surface area contributed by atoms with Crippen molar-refractivity contribution in [3.63, 3.8) is 0 Å². The van der Waals surface area contributed by atoms with Crippen LogP contribution in [0.2, 0.25) is 0 Å². The SMILES string of the molecule is CC(C)(C)OC(=O)NCCCC(=O)OCC(=O)Nc1ccc(N2CCOCC2)cc1. The number of hydrogen-bond acceptors (Lipinski definition) is 7. The van der Waals surface area contributed by atoms with Crippen molar-refractivity contribution in [1.82, 2.24) is 5.32 Å². The van der Waals surface area contributed by atoms with E-state index in [-0.39, 0.29) is 19.6 Å². The summed E-state index contributed by atoms with van der Waals surface area (Å²) in [5.41, 5.74) is 1.14. The summed E-state index contributed by atoms with van der Waals surface area (Å²) < 4.78 is 15.4. The minimum absolute atomic E-state index is 0.0946. The topological polar surface area (TPSA) is 106 Å². The van der Waals surface area contributed by atoms with Crippen molar-refractivity contribution in [3.8, 4) is 0 Å². The predicted octanol–water partition coefficient (Wildman–Crippen LogP) is 2.31. The number of ether oxygens (including phenoxy) is 3. The molecule has 0 spiro atoms. The molecule has 0 bridgehead atoms. The van der Waals surface area contributed by atoms with Gasteiger partial charge in [-0.15, -0.1) is 0 Å². The quantitative estimate of drug-likeness (QED) is 0.490. The number of nitrogens with zero attached hydrogens (tertiary/aromatic N) is 1. The molecule has 1 saturated heterocycles. The van der Waals surface area contributed by atoms with E-state index in [4.69, 9.17) is 14.2 Å². The fourth-order valence-corrected chi connectivity index (χ4v) is 2.73. The molecule has 1 fully saturated rings. The summed E-state index contributed by atoms with van der Waals surface area (Å²) in [7, 11) is 0. The van der Waals surface area contributed by atoms with Gasteiger partial charge < -0.3 is 29.7 Å². The third-order valence-electron chi connectivity index (χ3n) is 4.12. The van der Waals surface area contributed by atoms with Crippen molar-refractivity contribution in [2.24, 2.45) is 0 Å². The number of esters is 1. The molecule has 0 aliphatic carbocycles. The van der Waals surface area contributed by atoms with Crippen LogP contribution < -0.4 is 15.5 Å². The average molecular weight is 421 g/mol. The third-order valence-corrected chi connectivity index (χ3v) is 4.12. The summed E-state index contributed by atoms with van der Waals surface area (Å²) in [5.74, 6) is -0.909. The lowest BCUT2D eigenvalue weighted by molar-refractivity contribution is -0.147. The summed E-state index contributed by atoms with van der Waals surface area (Å²) in [6, 6.07) is 7.49. The van der Waals surface area contributed by atoms with Crippen molar-refractivity contribution in [1.29, 1.82) is 0 Å². The number of alkyl carbamates (subject to hydrolysis) is 1. The second-order valence-electron chi connectivity index (χ2n) is 7.89. The molecule has 30 heavy (non-hydrogen) atoms. The summed E-state index contributed by atoms with van der Waals surface area (Å²) in [5, 5.41) is 5.26. The molecule has 1 aliphatic heterocycles. The fraction of sp³-hybridized carbons (Fsp3) is 0.571. The van der Waals surface area contributed by atoms with Gasteiger partial charge in [0.15, 0.2) is 6.61 Å². The van der Waals surface area contributed by atoms with Crippen LogP contribution in [0.4, 0.5) is 16.2 Å². The zero-order valence-electron chi connectivity index (χ0n) is 17.9. The second-order valence-corrected chi connectivity index (χ2v) is 7.89. The highest BCUT2D eigenvalue weighted by atomic mass is 16.6. The number of carbonyl (C=O) groups is 3. The summed E-state index contributed by atoms with van der Waals surface area (Å²) >= 11 is 0. The molecule has 0 aromatic heterocycles. The molecule has 2 N–H and O–H groups in total. The van der Waals surface area contributed by atoms with Crippen LogP contribution in [0.1, 0.15) is 33.6 Å². The largest absolute Gasteiger partial charge is 0.456 e. The van der Waals surface area contributed by atoms with Crippen LogP contribution in [0.25, 0.3) is 0 Å². The van der Waals surface area contributed by atoms with Gasteiger partial charge in [-0.3, -0.25) is 9.59 Å². The van der Waals surface area contributed by atoms with E-state index < -0.39 is 23.6 Å². The lowest BCUT2D eigenvalue weighted by atomic mass is 10.2. The molecule has 1 heterocycles. The summed E-state index contributed by atoms with van der Waals surface area (Å²) in [6.45, 7) is 8.34. The maximum absolute atomic E-state index is 12.0. The van der Waals surface area contributed by atoms with Crippen LogP contribution >= 0.6 is 0 Å². The average Bonchev–Trinajstić information content (AvgIpc) is 2.69. The Bertz CT molecular complexity index is 708. The molecule has 1 aromatic carbocycles. The number of nitrogens with one attached hydrogen (secondary N) is 2.